The number of rotatable bonds is 9. The molecule has 0 radical (unpaired) electrons. The lowest BCUT2D eigenvalue weighted by Crippen LogP contribution is -2.44. The van der Waals surface area contributed by atoms with Crippen LogP contribution in [0.1, 0.15) is 67.4 Å². The fourth-order valence-corrected chi connectivity index (χ4v) is 4.84. The van der Waals surface area contributed by atoms with Gasteiger partial charge in [0.05, 0.1) is 6.54 Å². The molecule has 1 aromatic rings. The zero-order valence-corrected chi connectivity index (χ0v) is 18.4. The summed E-state index contributed by atoms with van der Waals surface area (Å²) in [6, 6.07) is 6.78. The van der Waals surface area contributed by atoms with E-state index >= 15 is 0 Å². The first-order valence-corrected chi connectivity index (χ1v) is 11.7. The van der Waals surface area contributed by atoms with Gasteiger partial charge in [0.2, 0.25) is 11.8 Å². The van der Waals surface area contributed by atoms with E-state index in [1.165, 1.54) is 25.9 Å². The third-order valence-electron chi connectivity index (χ3n) is 6.57. The average molecular weight is 427 g/mol. The first kappa shape index (κ1) is 21.8. The molecule has 0 aromatic heterocycles. The molecule has 1 saturated carbocycles. The van der Waals surface area contributed by atoms with E-state index < -0.39 is 6.04 Å². The third kappa shape index (κ3) is 5.26. The summed E-state index contributed by atoms with van der Waals surface area (Å²) in [5.41, 5.74) is 1.34. The number of unbranched alkanes of at least 4 members (excludes halogenated alkanes) is 1. The number of hydrogen-bond donors (Lipinski definition) is 2. The van der Waals surface area contributed by atoms with Crippen LogP contribution in [0.4, 0.5) is 0 Å². The van der Waals surface area contributed by atoms with Crippen molar-refractivity contribution in [2.75, 3.05) is 32.7 Å². The Kier molecular flexibility index (Phi) is 6.90. The van der Waals surface area contributed by atoms with Gasteiger partial charge in [-0.1, -0.05) is 25.1 Å². The molecule has 1 saturated heterocycles. The smallest absolute Gasteiger partial charge is 0.255 e. The van der Waals surface area contributed by atoms with E-state index in [9.17, 15) is 14.4 Å². The molecule has 168 valence electrons. The lowest BCUT2D eigenvalue weighted by molar-refractivity contribution is -0.129. The minimum absolute atomic E-state index is 0.0617. The molecule has 2 unspecified atom stereocenters. The Labute approximate surface area is 184 Å². The van der Waals surface area contributed by atoms with Crippen LogP contribution in [-0.2, 0) is 9.59 Å². The van der Waals surface area contributed by atoms with E-state index in [-0.39, 0.29) is 30.3 Å². The van der Waals surface area contributed by atoms with Crippen LogP contribution < -0.4 is 10.6 Å². The molecule has 2 aliphatic heterocycles. The van der Waals surface area contributed by atoms with Crippen molar-refractivity contribution in [2.24, 2.45) is 5.92 Å². The monoisotopic (exact) mass is 426 g/mol. The van der Waals surface area contributed by atoms with Crippen LogP contribution in [0.2, 0.25) is 0 Å². The largest absolute Gasteiger partial charge is 0.355 e. The molecule has 2 fully saturated rings. The summed E-state index contributed by atoms with van der Waals surface area (Å²) in [6.07, 6.45) is 6.48. The van der Waals surface area contributed by atoms with Crippen molar-refractivity contribution in [1.82, 2.24) is 20.4 Å². The lowest BCUT2D eigenvalue weighted by Gasteiger charge is -2.30. The fourth-order valence-electron chi connectivity index (χ4n) is 4.84. The highest BCUT2D eigenvalue weighted by atomic mass is 16.2. The topological polar surface area (TPSA) is 81.8 Å². The van der Waals surface area contributed by atoms with Gasteiger partial charge in [0, 0.05) is 24.7 Å². The number of piperidine rings is 1. The van der Waals surface area contributed by atoms with Crippen molar-refractivity contribution in [3.8, 4) is 0 Å². The van der Waals surface area contributed by atoms with Crippen LogP contribution in [0.25, 0.3) is 0 Å². The molecule has 2 heterocycles. The number of carbonyl (C=O) groups excluding carboxylic acids is 3. The molecule has 4 rings (SSSR count). The van der Waals surface area contributed by atoms with Crippen molar-refractivity contribution in [2.45, 2.75) is 57.5 Å². The highest BCUT2D eigenvalue weighted by Gasteiger charge is 2.47. The van der Waals surface area contributed by atoms with E-state index in [0.717, 1.165) is 43.7 Å². The summed E-state index contributed by atoms with van der Waals surface area (Å²) in [7, 11) is 0. The second-order valence-corrected chi connectivity index (χ2v) is 9.26. The third-order valence-corrected chi connectivity index (χ3v) is 6.57. The van der Waals surface area contributed by atoms with Gasteiger partial charge >= 0.3 is 0 Å². The minimum atomic E-state index is -0.629. The summed E-state index contributed by atoms with van der Waals surface area (Å²) in [6.45, 7) is 6.33. The Balaban J connectivity index is 1.19. The number of amides is 3. The van der Waals surface area contributed by atoms with Gasteiger partial charge in [-0.15, -0.1) is 0 Å². The Hall–Kier alpha value is -2.41. The summed E-state index contributed by atoms with van der Waals surface area (Å²) in [5.74, 6) is 0.246. The summed E-state index contributed by atoms with van der Waals surface area (Å²) < 4.78 is 0. The quantitative estimate of drug-likeness (QED) is 0.593. The summed E-state index contributed by atoms with van der Waals surface area (Å²) >= 11 is 0. The Morgan fingerprint density at radius 2 is 1.90 bits per heavy atom. The number of fused-ring (bicyclic) bond motifs is 1. The van der Waals surface area contributed by atoms with Crippen LogP contribution in [0.3, 0.4) is 0 Å². The van der Waals surface area contributed by atoms with Crippen LogP contribution >= 0.6 is 0 Å². The number of nitrogens with zero attached hydrogens (tertiary/aromatic N) is 2. The second-order valence-electron chi connectivity index (χ2n) is 9.26. The van der Waals surface area contributed by atoms with Crippen molar-refractivity contribution >= 4 is 17.7 Å². The van der Waals surface area contributed by atoms with Gasteiger partial charge in [0.15, 0.2) is 0 Å². The van der Waals surface area contributed by atoms with Crippen molar-refractivity contribution in [3.05, 3.63) is 35.4 Å². The predicted molar refractivity (Wildman–Crippen MR) is 118 cm³/mol. The van der Waals surface area contributed by atoms with Gasteiger partial charge in [-0.2, -0.15) is 0 Å². The first-order chi connectivity index (χ1) is 15.0. The number of hydrogen-bond acceptors (Lipinski definition) is 4. The molecule has 2 N–H and O–H groups in total. The lowest BCUT2D eigenvalue weighted by atomic mass is 10.0. The zero-order valence-electron chi connectivity index (χ0n) is 18.4. The predicted octanol–water partition coefficient (Wildman–Crippen LogP) is 2.09. The Morgan fingerprint density at radius 3 is 2.68 bits per heavy atom. The Morgan fingerprint density at radius 1 is 1.10 bits per heavy atom. The number of benzene rings is 1. The van der Waals surface area contributed by atoms with Crippen LogP contribution in [0.5, 0.6) is 0 Å². The molecule has 1 aliphatic carbocycles. The number of likely N-dealkylation sites (tertiary alicyclic amines) is 1. The molecule has 0 spiro atoms. The van der Waals surface area contributed by atoms with Gasteiger partial charge in [-0.05, 0) is 69.2 Å². The highest BCUT2D eigenvalue weighted by molar-refractivity contribution is 6.05. The van der Waals surface area contributed by atoms with Crippen molar-refractivity contribution in [1.29, 1.82) is 0 Å². The highest BCUT2D eigenvalue weighted by Crippen LogP contribution is 2.41. The average Bonchev–Trinajstić information content (AvgIpc) is 3.56. The molecule has 3 amide bonds. The van der Waals surface area contributed by atoms with Gasteiger partial charge in [0.1, 0.15) is 6.04 Å². The van der Waals surface area contributed by atoms with E-state index in [4.69, 9.17) is 0 Å². The maximum absolute atomic E-state index is 12.9. The molecular weight excluding hydrogens is 392 g/mol. The SMILES string of the molecule is CC1CCCN(CCCCNC(=O)CNC(=O)C2c3ccccc3C(=O)N2C2CC2)C1. The van der Waals surface area contributed by atoms with Crippen LogP contribution in [0, 0.1) is 5.92 Å². The zero-order chi connectivity index (χ0) is 21.8. The minimum Gasteiger partial charge on any atom is -0.355 e. The van der Waals surface area contributed by atoms with E-state index in [1.54, 1.807) is 11.0 Å². The normalized spacial score (nSPS) is 23.5. The standard InChI is InChI=1S/C24H34N4O3/c1-17-7-6-14-27(16-17)13-5-4-12-25-21(29)15-26-23(30)22-19-8-2-3-9-20(19)24(31)28(22)18-10-11-18/h2-3,8-9,17-18,22H,4-7,10-16H2,1H3,(H,25,29)(H,26,30). The first-order valence-electron chi connectivity index (χ1n) is 11.7. The van der Waals surface area contributed by atoms with Crippen LogP contribution in [-0.4, -0.2) is 66.3 Å². The molecule has 31 heavy (non-hydrogen) atoms. The van der Waals surface area contributed by atoms with Crippen molar-refractivity contribution < 1.29 is 14.4 Å². The second kappa shape index (κ2) is 9.81. The summed E-state index contributed by atoms with van der Waals surface area (Å²) in [4.78, 5) is 42.0. The van der Waals surface area contributed by atoms with E-state index in [0.29, 0.717) is 12.1 Å². The molecule has 0 bridgehead atoms. The summed E-state index contributed by atoms with van der Waals surface area (Å²) in [5, 5.41) is 5.64. The molecule has 7 nitrogen and oxygen atoms in total. The van der Waals surface area contributed by atoms with Gasteiger partial charge < -0.3 is 20.4 Å². The number of nitrogens with one attached hydrogen (secondary N) is 2. The Bertz CT molecular complexity index is 823. The molecule has 2 atom stereocenters. The van der Waals surface area contributed by atoms with Crippen LogP contribution in [0.15, 0.2) is 24.3 Å². The van der Waals surface area contributed by atoms with E-state index in [2.05, 4.69) is 22.5 Å². The molecular formula is C24H34N4O3. The van der Waals surface area contributed by atoms with E-state index in [1.807, 2.05) is 18.2 Å². The van der Waals surface area contributed by atoms with Gasteiger partial charge in [0.25, 0.3) is 5.91 Å². The maximum atomic E-state index is 12.9. The maximum Gasteiger partial charge on any atom is 0.255 e. The number of carbonyl (C=O) groups is 3. The van der Waals surface area contributed by atoms with Crippen molar-refractivity contribution in [3.63, 3.8) is 0 Å². The van der Waals surface area contributed by atoms with Gasteiger partial charge in [-0.3, -0.25) is 14.4 Å². The molecule has 1 aromatic carbocycles. The fraction of sp³-hybridized carbons (Fsp3) is 0.625. The van der Waals surface area contributed by atoms with Gasteiger partial charge in [-0.25, -0.2) is 0 Å². The molecule has 3 aliphatic rings. The molecule has 7 heteroatoms.